The minimum Gasteiger partial charge on any atom is -0.350 e. The van der Waals surface area contributed by atoms with Gasteiger partial charge in [-0.15, -0.1) is 0 Å². The lowest BCUT2D eigenvalue weighted by molar-refractivity contribution is -0.0646. The first kappa shape index (κ1) is 25.7. The third-order valence-corrected chi connectivity index (χ3v) is 5.66. The van der Waals surface area contributed by atoms with E-state index < -0.39 is 0 Å². The molecule has 1 aliphatic rings. The van der Waals surface area contributed by atoms with E-state index in [0.717, 1.165) is 26.0 Å². The summed E-state index contributed by atoms with van der Waals surface area (Å²) >= 11 is 0. The van der Waals surface area contributed by atoms with Crippen LogP contribution >= 0.6 is 0 Å². The standard InChI is InChI=1S/C25H49NO2/c1-4-5-6-7-8-9-10-11-12-13-14-15-16-17-18-19-20-25-27-23-24(28-25)21-22-26(2)3/h11-12,24-25H,4-10,13-23H2,1-3H3/b12-11-. The van der Waals surface area contributed by atoms with Crippen molar-refractivity contribution < 1.29 is 9.47 Å². The summed E-state index contributed by atoms with van der Waals surface area (Å²) in [4.78, 5) is 2.21. The maximum Gasteiger partial charge on any atom is 0.158 e. The molecule has 0 spiro atoms. The van der Waals surface area contributed by atoms with Crippen molar-refractivity contribution in [3.8, 4) is 0 Å². The molecule has 0 aromatic heterocycles. The SMILES string of the molecule is CCCCCCCC/C=C\CCCCCCCCC1OCC(CCN(C)C)O1. The average Bonchev–Trinajstić information content (AvgIpc) is 3.14. The molecule has 2 atom stereocenters. The van der Waals surface area contributed by atoms with Crippen LogP contribution in [0.5, 0.6) is 0 Å². The monoisotopic (exact) mass is 395 g/mol. The van der Waals surface area contributed by atoms with E-state index in [1.165, 1.54) is 89.9 Å². The fourth-order valence-electron chi connectivity index (χ4n) is 3.77. The molecule has 0 aliphatic carbocycles. The number of allylic oxidation sites excluding steroid dienone is 2. The van der Waals surface area contributed by atoms with Crippen LogP contribution < -0.4 is 0 Å². The molecule has 1 rings (SSSR count). The minimum absolute atomic E-state index is 0.0592. The maximum atomic E-state index is 5.98. The molecule has 166 valence electrons. The smallest absolute Gasteiger partial charge is 0.158 e. The van der Waals surface area contributed by atoms with Gasteiger partial charge < -0.3 is 14.4 Å². The van der Waals surface area contributed by atoms with Gasteiger partial charge in [0.15, 0.2) is 6.29 Å². The number of rotatable bonds is 19. The van der Waals surface area contributed by atoms with E-state index in [1.807, 2.05) is 0 Å². The van der Waals surface area contributed by atoms with E-state index >= 15 is 0 Å². The summed E-state index contributed by atoms with van der Waals surface area (Å²) in [6.07, 6.45) is 26.3. The largest absolute Gasteiger partial charge is 0.350 e. The summed E-state index contributed by atoms with van der Waals surface area (Å²) in [7, 11) is 4.22. The summed E-state index contributed by atoms with van der Waals surface area (Å²) in [6.45, 7) is 4.14. The van der Waals surface area contributed by atoms with Crippen molar-refractivity contribution in [2.75, 3.05) is 27.2 Å². The molecule has 0 aromatic rings. The van der Waals surface area contributed by atoms with Crippen LogP contribution in [0.3, 0.4) is 0 Å². The summed E-state index contributed by atoms with van der Waals surface area (Å²) in [5.41, 5.74) is 0. The topological polar surface area (TPSA) is 21.7 Å². The zero-order valence-corrected chi connectivity index (χ0v) is 19.3. The van der Waals surface area contributed by atoms with Gasteiger partial charge in [-0.2, -0.15) is 0 Å². The molecule has 0 saturated carbocycles. The molecule has 0 aromatic carbocycles. The van der Waals surface area contributed by atoms with Crippen LogP contribution in [0, 0.1) is 0 Å². The second kappa shape index (κ2) is 18.6. The zero-order valence-electron chi connectivity index (χ0n) is 19.3. The van der Waals surface area contributed by atoms with Gasteiger partial charge in [-0.05, 0) is 59.0 Å². The molecule has 0 radical (unpaired) electrons. The van der Waals surface area contributed by atoms with Crippen molar-refractivity contribution in [2.45, 2.75) is 122 Å². The molecule has 3 heteroatoms. The predicted molar refractivity (Wildman–Crippen MR) is 122 cm³/mol. The van der Waals surface area contributed by atoms with Gasteiger partial charge in [-0.1, -0.05) is 76.9 Å². The molecule has 0 N–H and O–H groups in total. The van der Waals surface area contributed by atoms with E-state index in [-0.39, 0.29) is 6.29 Å². The molecular formula is C25H49NO2. The highest BCUT2D eigenvalue weighted by Crippen LogP contribution is 2.20. The van der Waals surface area contributed by atoms with E-state index in [1.54, 1.807) is 0 Å². The maximum absolute atomic E-state index is 5.98. The van der Waals surface area contributed by atoms with E-state index in [0.29, 0.717) is 6.10 Å². The Morgan fingerprint density at radius 3 is 1.93 bits per heavy atom. The molecule has 3 nitrogen and oxygen atoms in total. The lowest BCUT2D eigenvalue weighted by Crippen LogP contribution is -2.21. The molecule has 28 heavy (non-hydrogen) atoms. The average molecular weight is 396 g/mol. The van der Waals surface area contributed by atoms with Gasteiger partial charge in [0.05, 0.1) is 12.7 Å². The normalized spacial score (nSPS) is 20.0. The highest BCUT2D eigenvalue weighted by atomic mass is 16.7. The molecule has 1 heterocycles. The van der Waals surface area contributed by atoms with Crippen LogP contribution in [0.25, 0.3) is 0 Å². The molecule has 0 amide bonds. The van der Waals surface area contributed by atoms with Crippen molar-refractivity contribution >= 4 is 0 Å². The molecule has 1 fully saturated rings. The highest BCUT2D eigenvalue weighted by Gasteiger charge is 2.25. The fraction of sp³-hybridized carbons (Fsp3) is 0.920. The first-order valence-corrected chi connectivity index (χ1v) is 12.3. The second-order valence-electron chi connectivity index (χ2n) is 8.84. The Bertz CT molecular complexity index is 356. The van der Waals surface area contributed by atoms with Crippen LogP contribution in [0.15, 0.2) is 12.2 Å². The van der Waals surface area contributed by atoms with Crippen molar-refractivity contribution in [2.24, 2.45) is 0 Å². The van der Waals surface area contributed by atoms with Gasteiger partial charge in [0, 0.05) is 6.54 Å². The summed E-state index contributed by atoms with van der Waals surface area (Å²) in [6, 6.07) is 0. The van der Waals surface area contributed by atoms with Gasteiger partial charge in [0.25, 0.3) is 0 Å². The fourth-order valence-corrected chi connectivity index (χ4v) is 3.77. The first-order valence-electron chi connectivity index (χ1n) is 12.3. The Labute approximate surface area is 176 Å². The molecule has 1 saturated heterocycles. The third-order valence-electron chi connectivity index (χ3n) is 5.66. The van der Waals surface area contributed by atoms with E-state index in [9.17, 15) is 0 Å². The van der Waals surface area contributed by atoms with Gasteiger partial charge in [0.1, 0.15) is 0 Å². The number of ether oxygens (including phenoxy) is 2. The van der Waals surface area contributed by atoms with Crippen molar-refractivity contribution in [1.29, 1.82) is 0 Å². The van der Waals surface area contributed by atoms with Crippen molar-refractivity contribution in [3.05, 3.63) is 12.2 Å². The molecule has 2 unspecified atom stereocenters. The van der Waals surface area contributed by atoms with E-state index in [4.69, 9.17) is 9.47 Å². The Balaban J connectivity index is 1.78. The Hall–Kier alpha value is -0.380. The quantitative estimate of drug-likeness (QED) is 0.172. The van der Waals surface area contributed by atoms with Crippen molar-refractivity contribution in [1.82, 2.24) is 4.90 Å². The van der Waals surface area contributed by atoms with Gasteiger partial charge >= 0.3 is 0 Å². The zero-order chi connectivity index (χ0) is 20.3. The number of hydrogen-bond acceptors (Lipinski definition) is 3. The second-order valence-corrected chi connectivity index (χ2v) is 8.84. The number of hydrogen-bond donors (Lipinski definition) is 0. The summed E-state index contributed by atoms with van der Waals surface area (Å²) < 4.78 is 11.8. The number of unbranched alkanes of at least 4 members (excludes halogenated alkanes) is 12. The minimum atomic E-state index is 0.0592. The Morgan fingerprint density at radius 2 is 1.32 bits per heavy atom. The van der Waals surface area contributed by atoms with Gasteiger partial charge in [0.2, 0.25) is 0 Å². The van der Waals surface area contributed by atoms with Crippen LogP contribution in [-0.4, -0.2) is 44.5 Å². The van der Waals surface area contributed by atoms with Crippen LogP contribution in [0.2, 0.25) is 0 Å². The van der Waals surface area contributed by atoms with Gasteiger partial charge in [-0.25, -0.2) is 0 Å². The summed E-state index contributed by atoms with van der Waals surface area (Å²) in [5.74, 6) is 0. The Kier molecular flexibility index (Phi) is 17.1. The van der Waals surface area contributed by atoms with Crippen LogP contribution in [0.1, 0.15) is 110 Å². The van der Waals surface area contributed by atoms with Crippen molar-refractivity contribution in [3.63, 3.8) is 0 Å². The lowest BCUT2D eigenvalue weighted by atomic mass is 10.1. The van der Waals surface area contributed by atoms with Crippen LogP contribution in [0.4, 0.5) is 0 Å². The predicted octanol–water partition coefficient (Wildman–Crippen LogP) is 7.11. The first-order chi connectivity index (χ1) is 13.7. The third kappa shape index (κ3) is 15.5. The summed E-state index contributed by atoms with van der Waals surface area (Å²) in [5, 5.41) is 0. The number of nitrogens with zero attached hydrogens (tertiary/aromatic N) is 1. The molecule has 0 bridgehead atoms. The molecular weight excluding hydrogens is 346 g/mol. The highest BCUT2D eigenvalue weighted by molar-refractivity contribution is 4.81. The lowest BCUT2D eigenvalue weighted by Gasteiger charge is -2.14. The van der Waals surface area contributed by atoms with Crippen LogP contribution in [-0.2, 0) is 9.47 Å². The van der Waals surface area contributed by atoms with Gasteiger partial charge in [-0.3, -0.25) is 0 Å². The van der Waals surface area contributed by atoms with E-state index in [2.05, 4.69) is 38.1 Å². The Morgan fingerprint density at radius 1 is 0.750 bits per heavy atom. The molecule has 1 aliphatic heterocycles.